The molecular formula is C23H21N5. The lowest BCUT2D eigenvalue weighted by Crippen LogP contribution is -2.47. The minimum atomic E-state index is -0.749. The van der Waals surface area contributed by atoms with Crippen LogP contribution in [0.3, 0.4) is 0 Å². The summed E-state index contributed by atoms with van der Waals surface area (Å²) in [6.45, 7) is 0.616. The molecule has 0 atom stereocenters. The van der Waals surface area contributed by atoms with Gasteiger partial charge < -0.3 is 0 Å². The first-order valence-corrected chi connectivity index (χ1v) is 9.17. The molecule has 4 aromatic heterocycles. The molecule has 0 saturated heterocycles. The molecule has 5 nitrogen and oxygen atoms in total. The molecular weight excluding hydrogens is 346 g/mol. The molecule has 28 heavy (non-hydrogen) atoms. The summed E-state index contributed by atoms with van der Waals surface area (Å²) in [7, 11) is 2.06. The van der Waals surface area contributed by atoms with E-state index in [-0.39, 0.29) is 0 Å². The lowest BCUT2D eigenvalue weighted by atomic mass is 9.84. The van der Waals surface area contributed by atoms with Gasteiger partial charge in [0, 0.05) is 31.3 Å². The van der Waals surface area contributed by atoms with Gasteiger partial charge in [0.2, 0.25) is 0 Å². The van der Waals surface area contributed by atoms with Crippen LogP contribution in [0, 0.1) is 0 Å². The number of aromatic nitrogens is 4. The Labute approximate surface area is 164 Å². The van der Waals surface area contributed by atoms with Gasteiger partial charge in [0.05, 0.1) is 22.8 Å². The molecule has 0 fully saturated rings. The zero-order valence-electron chi connectivity index (χ0n) is 15.7. The smallest absolute Gasteiger partial charge is 0.149 e. The molecule has 0 aliphatic heterocycles. The van der Waals surface area contributed by atoms with Gasteiger partial charge in [-0.1, -0.05) is 24.3 Å². The van der Waals surface area contributed by atoms with Gasteiger partial charge in [-0.15, -0.1) is 0 Å². The van der Waals surface area contributed by atoms with E-state index in [0.29, 0.717) is 6.54 Å². The van der Waals surface area contributed by atoms with Crippen LogP contribution in [0.25, 0.3) is 0 Å². The lowest BCUT2D eigenvalue weighted by Gasteiger charge is -2.40. The number of pyridine rings is 4. The molecule has 4 heterocycles. The summed E-state index contributed by atoms with van der Waals surface area (Å²) in [5, 5.41) is 0. The van der Waals surface area contributed by atoms with Gasteiger partial charge in [-0.05, 0) is 55.6 Å². The molecule has 0 bridgehead atoms. The maximum atomic E-state index is 4.72. The first-order chi connectivity index (χ1) is 13.8. The van der Waals surface area contributed by atoms with Gasteiger partial charge in [-0.3, -0.25) is 24.8 Å². The van der Waals surface area contributed by atoms with Crippen molar-refractivity contribution in [1.29, 1.82) is 0 Å². The molecule has 0 saturated carbocycles. The number of rotatable bonds is 6. The Morgan fingerprint density at radius 2 is 1.04 bits per heavy atom. The maximum absolute atomic E-state index is 4.72. The van der Waals surface area contributed by atoms with Crippen molar-refractivity contribution in [2.45, 2.75) is 12.1 Å². The van der Waals surface area contributed by atoms with Gasteiger partial charge in [0.1, 0.15) is 5.54 Å². The number of nitrogens with zero attached hydrogens (tertiary/aromatic N) is 5. The summed E-state index contributed by atoms with van der Waals surface area (Å²) in [5.41, 5.74) is 2.82. The standard InChI is InChI=1S/C23H21N5/c1-28(18-19-10-2-6-14-24-19)23(20-11-3-7-15-25-20,21-12-4-8-16-26-21)22-13-5-9-17-27-22/h2-17H,18H2,1H3. The topological polar surface area (TPSA) is 54.8 Å². The van der Waals surface area contributed by atoms with Crippen LogP contribution in [0.5, 0.6) is 0 Å². The largest absolute Gasteiger partial charge is 0.279 e. The van der Waals surface area contributed by atoms with E-state index in [4.69, 9.17) is 15.0 Å². The van der Waals surface area contributed by atoms with Gasteiger partial charge in [-0.25, -0.2) is 0 Å². The minimum Gasteiger partial charge on any atom is -0.279 e. The summed E-state index contributed by atoms with van der Waals surface area (Å²) in [6.07, 6.45) is 7.24. The molecule has 0 spiro atoms. The van der Waals surface area contributed by atoms with Crippen LogP contribution in [0.15, 0.2) is 97.6 Å². The molecule has 138 valence electrons. The van der Waals surface area contributed by atoms with Crippen molar-refractivity contribution < 1.29 is 0 Å². The van der Waals surface area contributed by atoms with Crippen LogP contribution < -0.4 is 0 Å². The fourth-order valence-electron chi connectivity index (χ4n) is 3.56. The van der Waals surface area contributed by atoms with Gasteiger partial charge in [0.15, 0.2) is 0 Å². The summed E-state index contributed by atoms with van der Waals surface area (Å²) in [5.74, 6) is 0. The van der Waals surface area contributed by atoms with Crippen LogP contribution in [0.4, 0.5) is 0 Å². The normalized spacial score (nSPS) is 11.5. The SMILES string of the molecule is CN(Cc1ccccn1)C(c1ccccn1)(c1ccccn1)c1ccccn1. The van der Waals surface area contributed by atoms with E-state index in [1.54, 1.807) is 0 Å². The van der Waals surface area contributed by atoms with Gasteiger partial charge in [0.25, 0.3) is 0 Å². The number of hydrogen-bond donors (Lipinski definition) is 0. The molecule has 4 rings (SSSR count). The highest BCUT2D eigenvalue weighted by atomic mass is 15.2. The van der Waals surface area contributed by atoms with E-state index < -0.39 is 5.54 Å². The highest BCUT2D eigenvalue weighted by Crippen LogP contribution is 2.39. The van der Waals surface area contributed by atoms with Gasteiger partial charge in [-0.2, -0.15) is 0 Å². The summed E-state index contributed by atoms with van der Waals surface area (Å²) in [4.78, 5) is 20.9. The molecule has 4 aromatic rings. The van der Waals surface area contributed by atoms with Crippen molar-refractivity contribution in [2.24, 2.45) is 0 Å². The molecule has 0 radical (unpaired) electrons. The third kappa shape index (κ3) is 3.28. The van der Waals surface area contributed by atoms with E-state index in [1.165, 1.54) is 0 Å². The third-order valence-electron chi connectivity index (χ3n) is 4.80. The predicted octanol–water partition coefficient (Wildman–Crippen LogP) is 3.69. The monoisotopic (exact) mass is 367 g/mol. The van der Waals surface area contributed by atoms with E-state index in [0.717, 1.165) is 22.8 Å². The second kappa shape index (κ2) is 8.06. The molecule has 5 heteroatoms. The zero-order valence-corrected chi connectivity index (χ0v) is 15.7. The van der Waals surface area contributed by atoms with E-state index >= 15 is 0 Å². The zero-order chi connectivity index (χ0) is 19.2. The Hall–Kier alpha value is -3.44. The maximum Gasteiger partial charge on any atom is 0.149 e. The Bertz CT molecular complexity index is 895. The van der Waals surface area contributed by atoms with E-state index in [9.17, 15) is 0 Å². The molecule has 0 unspecified atom stereocenters. The Balaban J connectivity index is 1.95. The van der Waals surface area contributed by atoms with Crippen LogP contribution >= 0.6 is 0 Å². The van der Waals surface area contributed by atoms with Crippen LogP contribution in [-0.2, 0) is 12.1 Å². The average Bonchev–Trinajstić information content (AvgIpc) is 2.77. The molecule has 0 N–H and O–H groups in total. The van der Waals surface area contributed by atoms with E-state index in [1.807, 2.05) is 97.6 Å². The average molecular weight is 367 g/mol. The lowest BCUT2D eigenvalue weighted by molar-refractivity contribution is 0.174. The van der Waals surface area contributed by atoms with Crippen molar-refractivity contribution >= 4 is 0 Å². The quantitative estimate of drug-likeness (QED) is 0.520. The van der Waals surface area contributed by atoms with Crippen molar-refractivity contribution in [3.63, 3.8) is 0 Å². The van der Waals surface area contributed by atoms with Crippen LogP contribution in [0.1, 0.15) is 22.8 Å². The Morgan fingerprint density at radius 1 is 0.607 bits per heavy atom. The molecule has 0 aromatic carbocycles. The van der Waals surface area contributed by atoms with E-state index in [2.05, 4.69) is 16.9 Å². The van der Waals surface area contributed by atoms with Crippen molar-refractivity contribution in [3.05, 3.63) is 120 Å². The second-order valence-corrected chi connectivity index (χ2v) is 6.53. The first kappa shape index (κ1) is 17.9. The summed E-state index contributed by atoms with van der Waals surface area (Å²) in [6, 6.07) is 23.8. The molecule has 0 aliphatic carbocycles. The fourth-order valence-corrected chi connectivity index (χ4v) is 3.56. The first-order valence-electron chi connectivity index (χ1n) is 9.17. The minimum absolute atomic E-state index is 0.616. The molecule has 0 amide bonds. The molecule has 0 aliphatic rings. The highest BCUT2D eigenvalue weighted by molar-refractivity contribution is 5.41. The summed E-state index contributed by atoms with van der Waals surface area (Å²) >= 11 is 0. The van der Waals surface area contributed by atoms with Crippen LogP contribution in [0.2, 0.25) is 0 Å². The summed E-state index contributed by atoms with van der Waals surface area (Å²) < 4.78 is 0. The van der Waals surface area contributed by atoms with Crippen molar-refractivity contribution in [2.75, 3.05) is 7.05 Å². The Kier molecular flexibility index (Phi) is 5.17. The third-order valence-corrected chi connectivity index (χ3v) is 4.80. The van der Waals surface area contributed by atoms with Crippen molar-refractivity contribution in [3.8, 4) is 0 Å². The van der Waals surface area contributed by atoms with Gasteiger partial charge >= 0.3 is 0 Å². The number of hydrogen-bond acceptors (Lipinski definition) is 5. The predicted molar refractivity (Wildman–Crippen MR) is 108 cm³/mol. The van der Waals surface area contributed by atoms with Crippen molar-refractivity contribution in [1.82, 2.24) is 24.8 Å². The second-order valence-electron chi connectivity index (χ2n) is 6.53. The Morgan fingerprint density at radius 3 is 1.39 bits per heavy atom. The highest BCUT2D eigenvalue weighted by Gasteiger charge is 2.44. The van der Waals surface area contributed by atoms with Crippen LogP contribution in [-0.4, -0.2) is 31.9 Å². The fraction of sp³-hybridized carbons (Fsp3) is 0.130.